The first-order chi connectivity index (χ1) is 15.8. The Kier molecular flexibility index (Phi) is 6.57. The number of piperidine rings is 1. The molecule has 0 spiro atoms. The smallest absolute Gasteiger partial charge is 0.486 e. The van der Waals surface area contributed by atoms with Crippen molar-refractivity contribution < 1.29 is 37.0 Å². The van der Waals surface area contributed by atoms with E-state index in [9.17, 15) is 22.8 Å². The number of fused-ring (bicyclic) bond motifs is 1. The zero-order chi connectivity index (χ0) is 23.4. The van der Waals surface area contributed by atoms with Crippen LogP contribution in [0.3, 0.4) is 0 Å². The number of rotatable bonds is 5. The van der Waals surface area contributed by atoms with Crippen LogP contribution in [0, 0.1) is 5.92 Å². The lowest BCUT2D eigenvalue weighted by Crippen LogP contribution is -2.39. The van der Waals surface area contributed by atoms with Gasteiger partial charge in [-0.1, -0.05) is 12.1 Å². The van der Waals surface area contributed by atoms with Crippen molar-refractivity contribution in [1.82, 2.24) is 4.90 Å². The maximum Gasteiger partial charge on any atom is 0.573 e. The molecule has 2 aliphatic rings. The molecule has 2 aromatic carbocycles. The lowest BCUT2D eigenvalue weighted by Gasteiger charge is -2.30. The molecule has 0 aliphatic carbocycles. The second kappa shape index (κ2) is 9.56. The van der Waals surface area contributed by atoms with E-state index >= 15 is 0 Å². The zero-order valence-electron chi connectivity index (χ0n) is 17.6. The number of hydrogen-bond donors (Lipinski definition) is 0. The van der Waals surface area contributed by atoms with Crippen LogP contribution >= 0.6 is 0 Å². The Bertz CT molecular complexity index is 1040. The van der Waals surface area contributed by atoms with Gasteiger partial charge in [-0.15, -0.1) is 13.2 Å². The van der Waals surface area contributed by atoms with Crippen LogP contribution in [0.5, 0.6) is 17.2 Å². The van der Waals surface area contributed by atoms with Crippen LogP contribution in [0.2, 0.25) is 0 Å². The summed E-state index contributed by atoms with van der Waals surface area (Å²) in [5, 5.41) is 0. The molecular weight excluding hydrogens is 439 g/mol. The third kappa shape index (κ3) is 5.85. The van der Waals surface area contributed by atoms with Gasteiger partial charge >= 0.3 is 6.36 Å². The molecule has 6 nitrogen and oxygen atoms in total. The predicted octanol–water partition coefficient (Wildman–Crippen LogP) is 4.49. The number of Topliss-reactive ketones (excluding diaryl/α,β-unsaturated/α-hetero) is 1. The third-order valence-corrected chi connectivity index (χ3v) is 5.54. The molecule has 4 rings (SSSR count). The third-order valence-electron chi connectivity index (χ3n) is 5.54. The number of carbonyl (C=O) groups is 2. The normalized spacial score (nSPS) is 16.6. The molecule has 0 atom stereocenters. The van der Waals surface area contributed by atoms with Gasteiger partial charge in [0.1, 0.15) is 19.0 Å². The first-order valence-electron chi connectivity index (χ1n) is 10.6. The molecule has 0 bridgehead atoms. The Balaban J connectivity index is 1.29. The number of ether oxygens (including phenoxy) is 3. The molecule has 33 heavy (non-hydrogen) atoms. The summed E-state index contributed by atoms with van der Waals surface area (Å²) in [5.74, 6) is 0.513. The molecule has 1 saturated heterocycles. The van der Waals surface area contributed by atoms with E-state index in [2.05, 4.69) is 4.74 Å². The summed E-state index contributed by atoms with van der Waals surface area (Å²) in [4.78, 5) is 27.0. The first kappa shape index (κ1) is 22.7. The van der Waals surface area contributed by atoms with Gasteiger partial charge in [0, 0.05) is 30.6 Å². The van der Waals surface area contributed by atoms with Gasteiger partial charge in [-0.2, -0.15) is 0 Å². The average molecular weight is 461 g/mol. The van der Waals surface area contributed by atoms with Crippen LogP contribution in [-0.4, -0.2) is 49.3 Å². The maximum atomic E-state index is 12.9. The number of halogens is 3. The number of benzene rings is 2. The van der Waals surface area contributed by atoms with E-state index in [-0.39, 0.29) is 23.4 Å². The van der Waals surface area contributed by atoms with Gasteiger partial charge in [-0.25, -0.2) is 0 Å². The van der Waals surface area contributed by atoms with Crippen LogP contribution in [0.4, 0.5) is 13.2 Å². The van der Waals surface area contributed by atoms with Crippen LogP contribution in [0.1, 0.15) is 28.8 Å². The van der Waals surface area contributed by atoms with Gasteiger partial charge in [0.25, 0.3) is 0 Å². The highest BCUT2D eigenvalue weighted by Crippen LogP contribution is 2.32. The Hall–Kier alpha value is -3.49. The van der Waals surface area contributed by atoms with Gasteiger partial charge in [-0.05, 0) is 54.8 Å². The van der Waals surface area contributed by atoms with Crippen molar-refractivity contribution in [3.8, 4) is 17.2 Å². The monoisotopic (exact) mass is 461 g/mol. The Morgan fingerprint density at radius 3 is 2.30 bits per heavy atom. The zero-order valence-corrected chi connectivity index (χ0v) is 17.6. The molecule has 0 radical (unpaired) electrons. The second-order valence-electron chi connectivity index (χ2n) is 7.77. The molecule has 0 aromatic heterocycles. The summed E-state index contributed by atoms with van der Waals surface area (Å²) in [7, 11) is 0. The molecule has 174 valence electrons. The largest absolute Gasteiger partial charge is 0.573 e. The summed E-state index contributed by atoms with van der Waals surface area (Å²) < 4.78 is 51.5. The predicted molar refractivity (Wildman–Crippen MR) is 113 cm³/mol. The van der Waals surface area contributed by atoms with E-state index in [4.69, 9.17) is 9.47 Å². The lowest BCUT2D eigenvalue weighted by molar-refractivity contribution is -0.274. The quantitative estimate of drug-likeness (QED) is 0.485. The molecule has 2 aromatic rings. The standard InChI is InChI=1S/C24H22F3NO5/c25-24(26,27)33-19-5-1-16(2-6-19)3-8-22(29)28-11-9-17(10-12-28)23(30)18-4-7-20-21(15-18)32-14-13-31-20/h1-8,15,17H,9-14H2. The fourth-order valence-electron chi connectivity index (χ4n) is 3.85. The Labute approximate surface area is 188 Å². The van der Waals surface area contributed by atoms with Crippen molar-refractivity contribution in [2.45, 2.75) is 19.2 Å². The van der Waals surface area contributed by atoms with Crippen molar-refractivity contribution >= 4 is 17.8 Å². The van der Waals surface area contributed by atoms with Crippen molar-refractivity contribution in [3.05, 3.63) is 59.7 Å². The van der Waals surface area contributed by atoms with Gasteiger partial charge in [0.05, 0.1) is 0 Å². The van der Waals surface area contributed by atoms with Crippen LogP contribution in [0.25, 0.3) is 6.08 Å². The van der Waals surface area contributed by atoms with Gasteiger partial charge in [-0.3, -0.25) is 9.59 Å². The fraction of sp³-hybridized carbons (Fsp3) is 0.333. The second-order valence-corrected chi connectivity index (χ2v) is 7.77. The molecule has 9 heteroatoms. The van der Waals surface area contributed by atoms with E-state index in [0.717, 1.165) is 0 Å². The first-order valence-corrected chi connectivity index (χ1v) is 10.6. The minimum Gasteiger partial charge on any atom is -0.486 e. The Morgan fingerprint density at radius 2 is 1.64 bits per heavy atom. The molecule has 0 saturated carbocycles. The summed E-state index contributed by atoms with van der Waals surface area (Å²) in [6.07, 6.45) is -0.732. The molecule has 0 N–H and O–H groups in total. The topological polar surface area (TPSA) is 65.1 Å². The summed E-state index contributed by atoms with van der Waals surface area (Å²) >= 11 is 0. The van der Waals surface area contributed by atoms with Gasteiger partial charge in [0.2, 0.25) is 5.91 Å². The maximum absolute atomic E-state index is 12.9. The highest BCUT2D eigenvalue weighted by atomic mass is 19.4. The number of hydrogen-bond acceptors (Lipinski definition) is 5. The molecule has 2 heterocycles. The van der Waals surface area contributed by atoms with Crippen molar-refractivity contribution in [2.24, 2.45) is 5.92 Å². The van der Waals surface area contributed by atoms with E-state index in [1.165, 1.54) is 36.4 Å². The number of nitrogens with zero attached hydrogens (tertiary/aromatic N) is 1. The number of likely N-dealkylation sites (tertiary alicyclic amines) is 1. The number of amides is 1. The lowest BCUT2D eigenvalue weighted by atomic mass is 9.88. The van der Waals surface area contributed by atoms with Gasteiger partial charge in [0.15, 0.2) is 17.3 Å². The molecule has 0 unspecified atom stereocenters. The van der Waals surface area contributed by atoms with Crippen molar-refractivity contribution in [2.75, 3.05) is 26.3 Å². The SMILES string of the molecule is O=C(c1ccc2c(c1)OCCO2)C1CCN(C(=O)C=Cc2ccc(OC(F)(F)F)cc2)CC1. The summed E-state index contributed by atoms with van der Waals surface area (Å²) in [6, 6.07) is 10.4. The van der Waals surface area contributed by atoms with E-state index < -0.39 is 6.36 Å². The van der Waals surface area contributed by atoms with E-state index in [1.807, 2.05) is 0 Å². The average Bonchev–Trinajstić information content (AvgIpc) is 2.82. The van der Waals surface area contributed by atoms with Crippen LogP contribution < -0.4 is 14.2 Å². The summed E-state index contributed by atoms with van der Waals surface area (Å²) in [5.41, 5.74) is 1.14. The number of alkyl halides is 3. The Morgan fingerprint density at radius 1 is 0.970 bits per heavy atom. The van der Waals surface area contributed by atoms with Gasteiger partial charge < -0.3 is 19.1 Å². The highest BCUT2D eigenvalue weighted by Gasteiger charge is 2.31. The van der Waals surface area contributed by atoms with Crippen molar-refractivity contribution in [1.29, 1.82) is 0 Å². The minimum atomic E-state index is -4.75. The summed E-state index contributed by atoms with van der Waals surface area (Å²) in [6.45, 7) is 1.83. The van der Waals surface area contributed by atoms with E-state index in [1.54, 1.807) is 23.1 Å². The molecule has 1 fully saturated rings. The van der Waals surface area contributed by atoms with Crippen molar-refractivity contribution in [3.63, 3.8) is 0 Å². The van der Waals surface area contributed by atoms with Crippen LogP contribution in [-0.2, 0) is 4.79 Å². The fourth-order valence-corrected chi connectivity index (χ4v) is 3.85. The molecule has 1 amide bonds. The van der Waals surface area contributed by atoms with E-state index in [0.29, 0.717) is 61.8 Å². The number of ketones is 1. The minimum absolute atomic E-state index is 0.0239. The molecule has 2 aliphatic heterocycles. The molecular formula is C24H22F3NO5. The highest BCUT2D eigenvalue weighted by molar-refractivity contribution is 5.99. The number of carbonyl (C=O) groups excluding carboxylic acids is 2. The van der Waals surface area contributed by atoms with Crippen LogP contribution in [0.15, 0.2) is 48.5 Å².